The Morgan fingerprint density at radius 2 is 2.16 bits per heavy atom. The summed E-state index contributed by atoms with van der Waals surface area (Å²) < 4.78 is 0. The van der Waals surface area contributed by atoms with Crippen LogP contribution in [0.5, 0.6) is 0 Å². The fourth-order valence-corrected chi connectivity index (χ4v) is 2.86. The SMILES string of the molecule is CC1CCCCC1NCc1cc([N+](=O)[O-])ccc1Cl. The first-order chi connectivity index (χ1) is 9.08. The molecule has 0 radical (unpaired) electrons. The number of hydrogen-bond acceptors (Lipinski definition) is 3. The van der Waals surface area contributed by atoms with Crippen LogP contribution in [-0.2, 0) is 6.54 Å². The van der Waals surface area contributed by atoms with Gasteiger partial charge in [0.15, 0.2) is 0 Å². The van der Waals surface area contributed by atoms with Crippen LogP contribution in [0.15, 0.2) is 18.2 Å². The molecule has 5 heteroatoms. The van der Waals surface area contributed by atoms with Gasteiger partial charge in [-0.2, -0.15) is 0 Å². The number of non-ortho nitro benzene ring substituents is 1. The minimum absolute atomic E-state index is 0.0953. The summed E-state index contributed by atoms with van der Waals surface area (Å²) in [6.45, 7) is 2.85. The zero-order valence-electron chi connectivity index (χ0n) is 11.1. The van der Waals surface area contributed by atoms with E-state index in [4.69, 9.17) is 11.6 Å². The number of nitrogens with one attached hydrogen (secondary N) is 1. The molecule has 1 aliphatic carbocycles. The fraction of sp³-hybridized carbons (Fsp3) is 0.571. The average molecular weight is 283 g/mol. The number of rotatable bonds is 4. The van der Waals surface area contributed by atoms with Gasteiger partial charge < -0.3 is 5.32 Å². The van der Waals surface area contributed by atoms with Crippen molar-refractivity contribution in [2.45, 2.75) is 45.2 Å². The standard InChI is InChI=1S/C14H19ClN2O2/c1-10-4-2-3-5-14(10)16-9-11-8-12(17(18)19)6-7-13(11)15/h6-8,10,14,16H,2-5,9H2,1H3. The number of nitro groups is 1. The second-order valence-electron chi connectivity index (χ2n) is 5.28. The highest BCUT2D eigenvalue weighted by molar-refractivity contribution is 6.31. The molecule has 1 aromatic carbocycles. The Balaban J connectivity index is 2.02. The van der Waals surface area contributed by atoms with E-state index in [0.29, 0.717) is 23.5 Å². The second kappa shape index (κ2) is 6.35. The first-order valence-corrected chi connectivity index (χ1v) is 7.12. The minimum Gasteiger partial charge on any atom is -0.310 e. The van der Waals surface area contributed by atoms with Crippen LogP contribution in [0.4, 0.5) is 5.69 Å². The van der Waals surface area contributed by atoms with Gasteiger partial charge >= 0.3 is 0 Å². The van der Waals surface area contributed by atoms with E-state index in [-0.39, 0.29) is 10.6 Å². The molecular weight excluding hydrogens is 264 g/mol. The molecule has 1 saturated carbocycles. The van der Waals surface area contributed by atoms with E-state index in [0.717, 1.165) is 5.56 Å². The van der Waals surface area contributed by atoms with Crippen molar-refractivity contribution in [3.8, 4) is 0 Å². The van der Waals surface area contributed by atoms with Crippen molar-refractivity contribution in [2.24, 2.45) is 5.92 Å². The molecule has 0 amide bonds. The van der Waals surface area contributed by atoms with E-state index in [1.54, 1.807) is 12.1 Å². The smallest absolute Gasteiger partial charge is 0.269 e. The van der Waals surface area contributed by atoms with Gasteiger partial charge in [0, 0.05) is 29.7 Å². The summed E-state index contributed by atoms with van der Waals surface area (Å²) in [7, 11) is 0. The third-order valence-corrected chi connectivity index (χ3v) is 4.28. The first-order valence-electron chi connectivity index (χ1n) is 6.74. The third kappa shape index (κ3) is 3.67. The average Bonchev–Trinajstić information content (AvgIpc) is 2.39. The number of nitrogens with zero attached hydrogens (tertiary/aromatic N) is 1. The molecule has 2 rings (SSSR count). The highest BCUT2D eigenvalue weighted by Crippen LogP contribution is 2.26. The summed E-state index contributed by atoms with van der Waals surface area (Å²) in [4.78, 5) is 10.4. The summed E-state index contributed by atoms with van der Waals surface area (Å²) in [5.74, 6) is 0.659. The molecule has 19 heavy (non-hydrogen) atoms. The molecule has 0 aromatic heterocycles. The van der Waals surface area contributed by atoms with Gasteiger partial charge in [0.25, 0.3) is 5.69 Å². The predicted molar refractivity (Wildman–Crippen MR) is 76.4 cm³/mol. The maximum atomic E-state index is 10.8. The Labute approximate surface area is 118 Å². The van der Waals surface area contributed by atoms with Gasteiger partial charge in [-0.25, -0.2) is 0 Å². The lowest BCUT2D eigenvalue weighted by molar-refractivity contribution is -0.384. The Morgan fingerprint density at radius 3 is 2.84 bits per heavy atom. The van der Waals surface area contributed by atoms with E-state index >= 15 is 0 Å². The van der Waals surface area contributed by atoms with Crippen molar-refractivity contribution >= 4 is 17.3 Å². The zero-order valence-corrected chi connectivity index (χ0v) is 11.8. The van der Waals surface area contributed by atoms with Gasteiger partial charge in [-0.3, -0.25) is 10.1 Å². The number of benzene rings is 1. The molecule has 2 atom stereocenters. The molecule has 2 unspecified atom stereocenters. The summed E-state index contributed by atoms with van der Waals surface area (Å²) in [5.41, 5.74) is 0.895. The van der Waals surface area contributed by atoms with Crippen molar-refractivity contribution in [3.05, 3.63) is 38.9 Å². The molecule has 0 bridgehead atoms. The Morgan fingerprint density at radius 1 is 1.42 bits per heavy atom. The van der Waals surface area contributed by atoms with E-state index in [2.05, 4.69) is 12.2 Å². The molecule has 0 heterocycles. The zero-order chi connectivity index (χ0) is 13.8. The lowest BCUT2D eigenvalue weighted by atomic mass is 9.86. The van der Waals surface area contributed by atoms with Crippen LogP contribution in [0.3, 0.4) is 0 Å². The number of halogens is 1. The summed E-state index contributed by atoms with van der Waals surface area (Å²) in [6.07, 6.45) is 4.98. The van der Waals surface area contributed by atoms with E-state index < -0.39 is 0 Å². The molecule has 0 saturated heterocycles. The van der Waals surface area contributed by atoms with Crippen LogP contribution in [0.2, 0.25) is 5.02 Å². The van der Waals surface area contributed by atoms with Gasteiger partial charge in [0.05, 0.1) is 4.92 Å². The molecule has 0 aliphatic heterocycles. The highest BCUT2D eigenvalue weighted by Gasteiger charge is 2.21. The normalized spacial score (nSPS) is 23.3. The van der Waals surface area contributed by atoms with Crippen LogP contribution >= 0.6 is 11.6 Å². The van der Waals surface area contributed by atoms with Crippen LogP contribution in [0.1, 0.15) is 38.2 Å². The maximum Gasteiger partial charge on any atom is 0.269 e. The van der Waals surface area contributed by atoms with Gasteiger partial charge in [-0.1, -0.05) is 31.4 Å². The summed E-state index contributed by atoms with van der Waals surface area (Å²) >= 11 is 6.09. The fourth-order valence-electron chi connectivity index (χ4n) is 2.67. The first kappa shape index (κ1) is 14.3. The molecular formula is C14H19ClN2O2. The maximum absolute atomic E-state index is 10.8. The largest absolute Gasteiger partial charge is 0.310 e. The summed E-state index contributed by atoms with van der Waals surface area (Å²) in [6, 6.07) is 5.09. The molecule has 104 valence electrons. The topological polar surface area (TPSA) is 55.2 Å². The van der Waals surface area contributed by atoms with Crippen LogP contribution < -0.4 is 5.32 Å². The van der Waals surface area contributed by atoms with Crippen molar-refractivity contribution in [3.63, 3.8) is 0 Å². The summed E-state index contributed by atoms with van der Waals surface area (Å²) in [5, 5.41) is 14.8. The molecule has 0 spiro atoms. The second-order valence-corrected chi connectivity index (χ2v) is 5.69. The molecule has 4 nitrogen and oxygen atoms in total. The van der Waals surface area contributed by atoms with Crippen molar-refractivity contribution in [1.29, 1.82) is 0 Å². The lowest BCUT2D eigenvalue weighted by Crippen LogP contribution is -2.36. The van der Waals surface area contributed by atoms with Gasteiger partial charge in [0.1, 0.15) is 0 Å². The quantitative estimate of drug-likeness (QED) is 0.673. The van der Waals surface area contributed by atoms with Crippen molar-refractivity contribution < 1.29 is 4.92 Å². The van der Waals surface area contributed by atoms with E-state index in [1.807, 2.05) is 0 Å². The Hall–Kier alpha value is -1.13. The number of hydrogen-bond donors (Lipinski definition) is 1. The Kier molecular flexibility index (Phi) is 4.77. The monoisotopic (exact) mass is 282 g/mol. The van der Waals surface area contributed by atoms with Crippen LogP contribution in [0, 0.1) is 16.0 Å². The minimum atomic E-state index is -0.386. The van der Waals surface area contributed by atoms with E-state index in [9.17, 15) is 10.1 Å². The number of nitro benzene ring substituents is 1. The molecule has 1 fully saturated rings. The van der Waals surface area contributed by atoms with Gasteiger partial charge in [0.2, 0.25) is 0 Å². The van der Waals surface area contributed by atoms with Crippen molar-refractivity contribution in [2.75, 3.05) is 0 Å². The van der Waals surface area contributed by atoms with Crippen LogP contribution in [0.25, 0.3) is 0 Å². The Bertz CT molecular complexity index is 465. The molecule has 1 N–H and O–H groups in total. The highest BCUT2D eigenvalue weighted by atomic mass is 35.5. The third-order valence-electron chi connectivity index (χ3n) is 3.91. The van der Waals surface area contributed by atoms with Crippen molar-refractivity contribution in [1.82, 2.24) is 5.32 Å². The van der Waals surface area contributed by atoms with Gasteiger partial charge in [-0.05, 0) is 30.4 Å². The molecule has 1 aliphatic rings. The van der Waals surface area contributed by atoms with Crippen LogP contribution in [-0.4, -0.2) is 11.0 Å². The molecule has 1 aromatic rings. The van der Waals surface area contributed by atoms with E-state index in [1.165, 1.54) is 31.7 Å². The lowest BCUT2D eigenvalue weighted by Gasteiger charge is -2.29. The van der Waals surface area contributed by atoms with Gasteiger partial charge in [-0.15, -0.1) is 0 Å². The predicted octanol–water partition coefficient (Wildman–Crippen LogP) is 3.92.